The molecule has 0 aromatic heterocycles. The maximum atomic E-state index is 12.5. The zero-order valence-corrected chi connectivity index (χ0v) is 14.4. The first-order chi connectivity index (χ1) is 11.6. The number of aryl methyl sites for hydroxylation is 1. The first-order valence-electron chi connectivity index (χ1n) is 9.40. The van der Waals surface area contributed by atoms with Crippen molar-refractivity contribution in [2.75, 3.05) is 13.2 Å². The van der Waals surface area contributed by atoms with Crippen LogP contribution in [0.1, 0.15) is 54.8 Å². The second-order valence-corrected chi connectivity index (χ2v) is 8.28. The highest BCUT2D eigenvalue weighted by molar-refractivity contribution is 5.75. The molecule has 4 nitrogen and oxygen atoms in total. The minimum absolute atomic E-state index is 0.0178. The fraction of sp³-hybridized carbons (Fsp3) is 0.650. The van der Waals surface area contributed by atoms with E-state index in [0.29, 0.717) is 5.92 Å². The highest BCUT2D eigenvalue weighted by Gasteiger charge is 2.73. The van der Waals surface area contributed by atoms with Gasteiger partial charge in [-0.2, -0.15) is 0 Å². The van der Waals surface area contributed by atoms with E-state index in [1.807, 2.05) is 0 Å². The monoisotopic (exact) mass is 326 g/mol. The van der Waals surface area contributed by atoms with Crippen molar-refractivity contribution in [2.45, 2.75) is 57.1 Å². The molecule has 3 fully saturated rings. The highest BCUT2D eigenvalue weighted by atomic mass is 16.5. The summed E-state index contributed by atoms with van der Waals surface area (Å²) in [5.41, 5.74) is 4.40. The van der Waals surface area contributed by atoms with Crippen LogP contribution in [0.25, 0.3) is 0 Å². The molecular weight excluding hydrogens is 300 g/mol. The van der Waals surface area contributed by atoms with Gasteiger partial charge in [-0.1, -0.05) is 18.2 Å². The smallest absolute Gasteiger partial charge is 0.315 e. The van der Waals surface area contributed by atoms with Crippen molar-refractivity contribution in [3.05, 3.63) is 34.9 Å². The van der Waals surface area contributed by atoms with Crippen molar-refractivity contribution in [2.24, 2.45) is 11.3 Å². The lowest BCUT2D eigenvalue weighted by Gasteiger charge is -2.45. The topological polar surface area (TPSA) is 50.4 Å². The number of benzene rings is 1. The molecule has 0 radical (unpaired) electrons. The van der Waals surface area contributed by atoms with Crippen molar-refractivity contribution in [3.8, 4) is 0 Å². The third-order valence-corrected chi connectivity index (χ3v) is 7.24. The molecule has 5 rings (SSSR count). The summed E-state index contributed by atoms with van der Waals surface area (Å²) in [7, 11) is 0. The first kappa shape index (κ1) is 14.8. The maximum absolute atomic E-state index is 12.5. The van der Waals surface area contributed by atoms with Gasteiger partial charge in [-0.15, -0.1) is 0 Å². The summed E-state index contributed by atoms with van der Waals surface area (Å²) < 4.78 is 6.10. The normalized spacial score (nSPS) is 34.4. The molecule has 128 valence electrons. The van der Waals surface area contributed by atoms with E-state index >= 15 is 0 Å². The Morgan fingerprint density at radius 2 is 2.25 bits per heavy atom. The number of hydrogen-bond donors (Lipinski definition) is 2. The van der Waals surface area contributed by atoms with Crippen LogP contribution < -0.4 is 10.6 Å². The number of ether oxygens (including phenoxy) is 1. The molecule has 2 N–H and O–H groups in total. The summed E-state index contributed by atoms with van der Waals surface area (Å²) >= 11 is 0. The summed E-state index contributed by atoms with van der Waals surface area (Å²) in [4.78, 5) is 12.5. The average Bonchev–Trinajstić information content (AvgIpc) is 2.94. The molecule has 1 aromatic rings. The van der Waals surface area contributed by atoms with Crippen LogP contribution in [0.5, 0.6) is 0 Å². The van der Waals surface area contributed by atoms with Gasteiger partial charge in [-0.25, -0.2) is 4.79 Å². The number of urea groups is 1. The van der Waals surface area contributed by atoms with E-state index in [4.69, 9.17) is 4.74 Å². The molecule has 2 saturated carbocycles. The number of nitrogens with one attached hydrogen (secondary N) is 2. The molecule has 1 unspecified atom stereocenters. The van der Waals surface area contributed by atoms with E-state index in [-0.39, 0.29) is 23.1 Å². The summed E-state index contributed by atoms with van der Waals surface area (Å²) in [5.74, 6) is 0.674. The number of carbonyl (C=O) groups is 1. The minimum atomic E-state index is -0.0178. The highest BCUT2D eigenvalue weighted by Crippen LogP contribution is 2.70. The van der Waals surface area contributed by atoms with Crippen LogP contribution in [0.2, 0.25) is 0 Å². The molecule has 3 aliphatic carbocycles. The van der Waals surface area contributed by atoms with Gasteiger partial charge >= 0.3 is 6.03 Å². The lowest BCUT2D eigenvalue weighted by molar-refractivity contribution is -0.109. The van der Waals surface area contributed by atoms with Crippen molar-refractivity contribution < 1.29 is 9.53 Å². The molecule has 2 amide bonds. The molecule has 1 heterocycles. The zero-order chi connectivity index (χ0) is 16.4. The molecule has 4 heteroatoms. The fourth-order valence-corrected chi connectivity index (χ4v) is 5.51. The average molecular weight is 326 g/mol. The van der Waals surface area contributed by atoms with Crippen LogP contribution in [0.3, 0.4) is 0 Å². The van der Waals surface area contributed by atoms with Gasteiger partial charge in [0.2, 0.25) is 0 Å². The van der Waals surface area contributed by atoms with Crippen molar-refractivity contribution in [1.82, 2.24) is 10.6 Å². The van der Waals surface area contributed by atoms with Gasteiger partial charge in [-0.05, 0) is 68.1 Å². The molecule has 3 atom stereocenters. The second kappa shape index (κ2) is 4.98. The summed E-state index contributed by atoms with van der Waals surface area (Å²) in [5, 5.41) is 6.37. The largest absolute Gasteiger partial charge is 0.374 e. The predicted molar refractivity (Wildman–Crippen MR) is 91.8 cm³/mol. The van der Waals surface area contributed by atoms with Gasteiger partial charge in [0.1, 0.15) is 0 Å². The van der Waals surface area contributed by atoms with E-state index in [0.717, 1.165) is 26.0 Å². The number of carbonyl (C=O) groups excluding carboxylic acids is 1. The molecule has 4 aliphatic rings. The quantitative estimate of drug-likeness (QED) is 0.896. The van der Waals surface area contributed by atoms with Gasteiger partial charge in [0.25, 0.3) is 0 Å². The van der Waals surface area contributed by atoms with Crippen LogP contribution in [-0.4, -0.2) is 24.8 Å². The maximum Gasteiger partial charge on any atom is 0.315 e. The molecular formula is C20H26N2O2. The van der Waals surface area contributed by atoms with Crippen molar-refractivity contribution in [3.63, 3.8) is 0 Å². The Labute approximate surface area is 143 Å². The van der Waals surface area contributed by atoms with E-state index < -0.39 is 0 Å². The lowest BCUT2D eigenvalue weighted by atomic mass is 9.68. The third kappa shape index (κ3) is 1.92. The molecule has 1 spiro atoms. The Bertz CT molecular complexity index is 697. The Balaban J connectivity index is 1.22. The predicted octanol–water partition coefficient (Wildman–Crippen LogP) is 3.24. The van der Waals surface area contributed by atoms with E-state index in [1.54, 1.807) is 0 Å². The third-order valence-electron chi connectivity index (χ3n) is 7.24. The minimum Gasteiger partial charge on any atom is -0.374 e. The van der Waals surface area contributed by atoms with Gasteiger partial charge in [0.05, 0.1) is 18.2 Å². The first-order valence-corrected chi connectivity index (χ1v) is 9.40. The van der Waals surface area contributed by atoms with Crippen LogP contribution in [-0.2, 0) is 11.2 Å². The zero-order valence-electron chi connectivity index (χ0n) is 14.4. The summed E-state index contributed by atoms with van der Waals surface area (Å²) in [6, 6.07) is 6.55. The van der Waals surface area contributed by atoms with Gasteiger partial charge in [-0.3, -0.25) is 0 Å². The number of fused-ring (bicyclic) bond motifs is 3. The Hall–Kier alpha value is -1.55. The Morgan fingerprint density at radius 3 is 3.00 bits per heavy atom. The molecule has 1 aromatic carbocycles. The van der Waals surface area contributed by atoms with Crippen LogP contribution >= 0.6 is 0 Å². The standard InChI is InChI=1S/C20H26N2O2/c1-13-4-2-5-16-15(13)6-7-17(16)22-18(23)21-12-19-10-14(19)11-24-20(19)8-3-9-20/h2,4-5,14,17H,3,6-12H2,1H3,(H2,21,22,23)/t14-,17?,19+/m0/s1. The SMILES string of the molecule is Cc1cccc2c1CCC2NC(=O)NC[C@]12C[C@H]1COC21CCC1. The van der Waals surface area contributed by atoms with E-state index in [1.165, 1.54) is 42.4 Å². The summed E-state index contributed by atoms with van der Waals surface area (Å²) in [6.45, 7) is 3.83. The molecule has 1 aliphatic heterocycles. The molecule has 1 saturated heterocycles. The van der Waals surface area contributed by atoms with Crippen molar-refractivity contribution >= 4 is 6.03 Å². The van der Waals surface area contributed by atoms with E-state index in [9.17, 15) is 4.79 Å². The Kier molecular flexibility index (Phi) is 3.06. The van der Waals surface area contributed by atoms with Crippen LogP contribution in [0.4, 0.5) is 4.79 Å². The number of amides is 2. The molecule has 0 bridgehead atoms. The van der Waals surface area contributed by atoms with Gasteiger partial charge in [0, 0.05) is 12.0 Å². The van der Waals surface area contributed by atoms with Gasteiger partial charge in [0.15, 0.2) is 0 Å². The number of rotatable bonds is 3. The molecule has 24 heavy (non-hydrogen) atoms. The van der Waals surface area contributed by atoms with E-state index in [2.05, 4.69) is 35.8 Å². The van der Waals surface area contributed by atoms with Crippen LogP contribution in [0.15, 0.2) is 18.2 Å². The summed E-state index contributed by atoms with van der Waals surface area (Å²) in [6.07, 6.45) is 6.95. The number of hydrogen-bond acceptors (Lipinski definition) is 2. The van der Waals surface area contributed by atoms with Crippen LogP contribution in [0, 0.1) is 18.3 Å². The van der Waals surface area contributed by atoms with Gasteiger partial charge < -0.3 is 15.4 Å². The lowest BCUT2D eigenvalue weighted by Crippen LogP contribution is -2.51. The van der Waals surface area contributed by atoms with Crippen molar-refractivity contribution in [1.29, 1.82) is 0 Å². The Morgan fingerprint density at radius 1 is 1.38 bits per heavy atom. The second-order valence-electron chi connectivity index (χ2n) is 8.28. The fourth-order valence-electron chi connectivity index (χ4n) is 5.51.